The Hall–Kier alpha value is -4.08. The van der Waals surface area contributed by atoms with Crippen LogP contribution in [0.1, 0.15) is 30.9 Å². The summed E-state index contributed by atoms with van der Waals surface area (Å²) in [6, 6.07) is 23.7. The first-order chi connectivity index (χ1) is 19.5. The van der Waals surface area contributed by atoms with Crippen LogP contribution < -0.4 is 14.8 Å². The fraction of sp³-hybridized carbons (Fsp3) is 0.161. The summed E-state index contributed by atoms with van der Waals surface area (Å²) in [6.45, 7) is 4.89. The number of rotatable bonds is 8. The van der Waals surface area contributed by atoms with Gasteiger partial charge in [-0.2, -0.15) is 14.6 Å². The van der Waals surface area contributed by atoms with E-state index in [9.17, 15) is 4.79 Å². The van der Waals surface area contributed by atoms with Crippen molar-refractivity contribution in [2.24, 2.45) is 0 Å². The molecule has 0 spiro atoms. The third-order valence-electron chi connectivity index (χ3n) is 6.54. The molecule has 0 fully saturated rings. The summed E-state index contributed by atoms with van der Waals surface area (Å²) >= 11 is 4.76. The summed E-state index contributed by atoms with van der Waals surface area (Å²) in [4.78, 5) is 18.5. The number of benzene rings is 3. The zero-order valence-corrected chi connectivity index (χ0v) is 24.4. The lowest BCUT2D eigenvalue weighted by atomic mass is 10.0. The van der Waals surface area contributed by atoms with Crippen molar-refractivity contribution in [2.45, 2.75) is 26.7 Å². The van der Waals surface area contributed by atoms with Gasteiger partial charge >= 0.3 is 0 Å². The molecule has 6 rings (SSSR count). The summed E-state index contributed by atoms with van der Waals surface area (Å²) in [5.74, 6) is 1.40. The zero-order chi connectivity index (χ0) is 27.6. The molecule has 0 aliphatic rings. The van der Waals surface area contributed by atoms with Crippen molar-refractivity contribution < 1.29 is 4.74 Å². The van der Waals surface area contributed by atoms with Gasteiger partial charge in [-0.15, -0.1) is 5.10 Å². The van der Waals surface area contributed by atoms with E-state index >= 15 is 0 Å². The van der Waals surface area contributed by atoms with Gasteiger partial charge in [-0.25, -0.2) is 4.68 Å². The van der Waals surface area contributed by atoms with Gasteiger partial charge in [0.2, 0.25) is 4.96 Å². The maximum Gasteiger partial charge on any atom is 0.291 e. The molecule has 3 aromatic carbocycles. The topological polar surface area (TPSA) is 74.3 Å². The Kier molecular flexibility index (Phi) is 7.32. The minimum absolute atomic E-state index is 0.204. The molecule has 0 unspecified atom stereocenters. The van der Waals surface area contributed by atoms with Crippen LogP contribution in [-0.4, -0.2) is 31.0 Å². The second kappa shape index (κ2) is 11.2. The number of nitrogens with zero attached hydrogens (tertiary/aromatic N) is 5. The van der Waals surface area contributed by atoms with E-state index in [1.165, 1.54) is 15.9 Å². The van der Waals surface area contributed by atoms with Crippen LogP contribution in [0.25, 0.3) is 39.4 Å². The van der Waals surface area contributed by atoms with Crippen LogP contribution in [0.5, 0.6) is 5.75 Å². The maximum absolute atomic E-state index is 13.4. The number of ether oxygens (including phenoxy) is 1. The van der Waals surface area contributed by atoms with Crippen molar-refractivity contribution in [2.75, 3.05) is 6.61 Å². The lowest BCUT2D eigenvalue weighted by Crippen LogP contribution is -2.23. The predicted molar refractivity (Wildman–Crippen MR) is 163 cm³/mol. The number of aromatic nitrogens is 5. The minimum atomic E-state index is -0.204. The van der Waals surface area contributed by atoms with Gasteiger partial charge < -0.3 is 4.74 Å². The number of para-hydroxylation sites is 1. The normalized spacial score (nSPS) is 11.9. The predicted octanol–water partition coefficient (Wildman–Crippen LogP) is 6.47. The lowest BCUT2D eigenvalue weighted by molar-refractivity contribution is 0.307. The summed E-state index contributed by atoms with van der Waals surface area (Å²) in [5.41, 5.74) is 5.18. The average molecular weight is 613 g/mol. The van der Waals surface area contributed by atoms with Gasteiger partial charge in [-0.3, -0.25) is 4.79 Å². The lowest BCUT2D eigenvalue weighted by Gasteiger charge is -2.10. The van der Waals surface area contributed by atoms with Gasteiger partial charge in [0.1, 0.15) is 11.4 Å². The molecule has 0 N–H and O–H groups in total. The number of hydrogen-bond donors (Lipinski definition) is 0. The monoisotopic (exact) mass is 611 g/mol. The molecule has 0 aliphatic carbocycles. The summed E-state index contributed by atoms with van der Waals surface area (Å²) in [6.07, 6.45) is 5.94. The summed E-state index contributed by atoms with van der Waals surface area (Å²) < 4.78 is 10.7. The Morgan fingerprint density at radius 1 is 1.00 bits per heavy atom. The van der Waals surface area contributed by atoms with E-state index in [-0.39, 0.29) is 5.56 Å². The molecule has 0 radical (unpaired) electrons. The second-order valence-electron chi connectivity index (χ2n) is 9.45. The molecule has 0 bridgehead atoms. The Morgan fingerprint density at radius 3 is 2.50 bits per heavy atom. The molecule has 6 aromatic rings. The number of halogens is 1. The van der Waals surface area contributed by atoms with E-state index < -0.39 is 0 Å². The number of unbranched alkanes of at least 4 members (excludes halogenated alkanes) is 1. The third-order valence-corrected chi connectivity index (χ3v) is 8.03. The molecule has 200 valence electrons. The number of aryl methyl sites for hydroxylation is 1. The minimum Gasteiger partial charge on any atom is -0.493 e. The molecule has 0 saturated carbocycles. The molecule has 0 aliphatic heterocycles. The molecule has 40 heavy (non-hydrogen) atoms. The van der Waals surface area contributed by atoms with Crippen molar-refractivity contribution in [3.05, 3.63) is 109 Å². The van der Waals surface area contributed by atoms with E-state index in [0.29, 0.717) is 21.9 Å². The molecule has 7 nitrogen and oxygen atoms in total. The highest BCUT2D eigenvalue weighted by Crippen LogP contribution is 2.29. The highest BCUT2D eigenvalue weighted by molar-refractivity contribution is 9.10. The van der Waals surface area contributed by atoms with Crippen LogP contribution >= 0.6 is 27.3 Å². The summed E-state index contributed by atoms with van der Waals surface area (Å²) in [5, 5.41) is 9.42. The van der Waals surface area contributed by atoms with Crippen molar-refractivity contribution in [1.82, 2.24) is 24.4 Å². The van der Waals surface area contributed by atoms with Crippen LogP contribution in [0.3, 0.4) is 0 Å². The van der Waals surface area contributed by atoms with Crippen LogP contribution in [0.2, 0.25) is 0 Å². The fourth-order valence-corrected chi connectivity index (χ4v) is 5.57. The van der Waals surface area contributed by atoms with Crippen LogP contribution in [0.15, 0.2) is 88.3 Å². The van der Waals surface area contributed by atoms with E-state index in [1.54, 1.807) is 0 Å². The summed E-state index contributed by atoms with van der Waals surface area (Å²) in [7, 11) is 0. The number of thiazole rings is 1. The molecule has 3 aromatic heterocycles. The van der Waals surface area contributed by atoms with E-state index in [4.69, 9.17) is 9.84 Å². The highest BCUT2D eigenvalue weighted by Gasteiger charge is 2.16. The molecule has 0 amide bonds. The van der Waals surface area contributed by atoms with E-state index in [1.807, 2.05) is 90.6 Å². The van der Waals surface area contributed by atoms with Gasteiger partial charge in [0.15, 0.2) is 5.82 Å². The molecular weight excluding hydrogens is 586 g/mol. The Balaban J connectivity index is 1.43. The van der Waals surface area contributed by atoms with Gasteiger partial charge in [0, 0.05) is 27.4 Å². The third kappa shape index (κ3) is 5.22. The Bertz CT molecular complexity index is 1910. The van der Waals surface area contributed by atoms with E-state index in [2.05, 4.69) is 39.0 Å². The Morgan fingerprint density at radius 2 is 1.77 bits per heavy atom. The first-order valence-corrected chi connectivity index (χ1v) is 14.7. The first-order valence-electron chi connectivity index (χ1n) is 13.1. The van der Waals surface area contributed by atoms with Gasteiger partial charge in [0.25, 0.3) is 5.56 Å². The molecular formula is C31H26BrN5O2S. The number of fused-ring (bicyclic) bond motifs is 1. The molecule has 9 heteroatoms. The van der Waals surface area contributed by atoms with Gasteiger partial charge in [-0.1, -0.05) is 70.9 Å². The smallest absolute Gasteiger partial charge is 0.291 e. The highest BCUT2D eigenvalue weighted by atomic mass is 79.9. The Labute approximate surface area is 243 Å². The maximum atomic E-state index is 13.4. The van der Waals surface area contributed by atoms with Crippen molar-refractivity contribution >= 4 is 38.3 Å². The zero-order valence-electron chi connectivity index (χ0n) is 22.0. The van der Waals surface area contributed by atoms with Gasteiger partial charge in [0.05, 0.1) is 16.8 Å². The van der Waals surface area contributed by atoms with Crippen molar-refractivity contribution in [3.8, 4) is 34.1 Å². The molecule has 0 saturated heterocycles. The van der Waals surface area contributed by atoms with E-state index in [0.717, 1.165) is 56.7 Å². The molecule has 0 atom stereocenters. The first kappa shape index (κ1) is 26.2. The number of hydrogen-bond acceptors (Lipinski definition) is 6. The fourth-order valence-electron chi connectivity index (χ4n) is 4.41. The van der Waals surface area contributed by atoms with Crippen LogP contribution in [0.4, 0.5) is 0 Å². The van der Waals surface area contributed by atoms with Crippen molar-refractivity contribution in [1.29, 1.82) is 0 Å². The largest absolute Gasteiger partial charge is 0.493 e. The molecule has 3 heterocycles. The van der Waals surface area contributed by atoms with Crippen LogP contribution in [-0.2, 0) is 0 Å². The quantitative estimate of drug-likeness (QED) is 0.184. The average Bonchev–Trinajstić information content (AvgIpc) is 3.66. The second-order valence-corrected chi connectivity index (χ2v) is 11.4. The van der Waals surface area contributed by atoms with Gasteiger partial charge in [-0.05, 0) is 67.4 Å². The van der Waals surface area contributed by atoms with Crippen molar-refractivity contribution in [3.63, 3.8) is 0 Å². The SMILES string of the molecule is CCCCOc1ccc(-c2nn(-c3ccccc3)cc2C=c2sc3nc(-c4ccc(Br)cc4)nn3c2=O)cc1C. The van der Waals surface area contributed by atoms with Crippen LogP contribution in [0, 0.1) is 6.92 Å². The standard InChI is InChI=1S/C31H26BrN5O2S/c1-3-4-16-39-26-15-12-22(17-20(26)2)28-23(19-36(34-28)25-8-6-5-7-9-25)18-27-30(38)37-31(40-27)33-29(35-37)21-10-13-24(32)14-11-21/h5-15,17-19H,3-4,16H2,1-2H3.